The second-order valence-electron chi connectivity index (χ2n) is 5.77. The lowest BCUT2D eigenvalue weighted by atomic mass is 10.0. The van der Waals surface area contributed by atoms with Gasteiger partial charge in [0.25, 0.3) is 5.91 Å². The number of nitrogens with one attached hydrogen (secondary N) is 2. The quantitative estimate of drug-likeness (QED) is 0.775. The Balaban J connectivity index is 1.50. The zero-order chi connectivity index (χ0) is 16.5. The highest BCUT2D eigenvalue weighted by Crippen LogP contribution is 2.34. The summed E-state index contributed by atoms with van der Waals surface area (Å²) in [6, 6.07) is 11.1. The minimum Gasteiger partial charge on any atom is -0.493 e. The first-order chi connectivity index (χ1) is 11.7. The fourth-order valence-corrected chi connectivity index (χ4v) is 2.99. The molecule has 1 amide bonds. The Morgan fingerprint density at radius 3 is 3.17 bits per heavy atom. The Morgan fingerprint density at radius 2 is 2.29 bits per heavy atom. The number of hydrogen-bond acceptors (Lipinski definition) is 4. The van der Waals surface area contributed by atoms with Crippen molar-refractivity contribution in [2.45, 2.75) is 12.5 Å². The van der Waals surface area contributed by atoms with Gasteiger partial charge >= 0.3 is 0 Å². The van der Waals surface area contributed by atoms with Gasteiger partial charge in [-0.15, -0.1) is 0 Å². The maximum Gasteiger partial charge on any atom is 0.251 e. The van der Waals surface area contributed by atoms with Crippen molar-refractivity contribution >= 4 is 16.9 Å². The van der Waals surface area contributed by atoms with E-state index in [0.29, 0.717) is 18.6 Å². The number of benzene rings is 2. The molecule has 0 bridgehead atoms. The minimum absolute atomic E-state index is 0.0745. The van der Waals surface area contributed by atoms with Crippen LogP contribution < -0.4 is 14.8 Å². The lowest BCUT2D eigenvalue weighted by Crippen LogP contribution is -2.42. The number of ether oxygens (including phenoxy) is 2. The van der Waals surface area contributed by atoms with Crippen LogP contribution in [0.1, 0.15) is 15.9 Å². The van der Waals surface area contributed by atoms with E-state index in [1.165, 1.54) is 0 Å². The van der Waals surface area contributed by atoms with Crippen LogP contribution >= 0.6 is 0 Å². The van der Waals surface area contributed by atoms with Crippen molar-refractivity contribution in [2.24, 2.45) is 0 Å². The number of para-hydroxylation sites is 1. The van der Waals surface area contributed by atoms with Crippen LogP contribution in [0, 0.1) is 0 Å². The van der Waals surface area contributed by atoms with Crippen molar-refractivity contribution in [3.8, 4) is 11.5 Å². The fourth-order valence-electron chi connectivity index (χ4n) is 2.99. The van der Waals surface area contributed by atoms with E-state index < -0.39 is 0 Å². The van der Waals surface area contributed by atoms with Gasteiger partial charge in [0.05, 0.1) is 30.5 Å². The summed E-state index contributed by atoms with van der Waals surface area (Å²) < 4.78 is 11.1. The molecule has 3 aromatic rings. The van der Waals surface area contributed by atoms with Crippen LogP contribution in [0.15, 0.2) is 42.7 Å². The van der Waals surface area contributed by atoms with Gasteiger partial charge < -0.3 is 19.8 Å². The van der Waals surface area contributed by atoms with Crippen LogP contribution in [0.5, 0.6) is 11.5 Å². The molecule has 0 radical (unpaired) electrons. The standard InChI is InChI=1S/C18H17N3O3/c1-23-16-4-2-3-11-7-13(9-24-17(11)16)21-18(22)12-5-6-14-15(8-12)20-10-19-14/h2-6,8,10,13H,7,9H2,1H3,(H,19,20)(H,21,22). The van der Waals surface area contributed by atoms with Crippen molar-refractivity contribution in [3.05, 3.63) is 53.9 Å². The van der Waals surface area contributed by atoms with Crippen LogP contribution in [0.3, 0.4) is 0 Å². The fraction of sp³-hybridized carbons (Fsp3) is 0.222. The molecule has 0 saturated carbocycles. The molecule has 1 aliphatic rings. The topological polar surface area (TPSA) is 76.2 Å². The molecule has 2 aromatic carbocycles. The molecular formula is C18H17N3O3. The largest absolute Gasteiger partial charge is 0.493 e. The van der Waals surface area contributed by atoms with Crippen LogP contribution in [0.4, 0.5) is 0 Å². The van der Waals surface area contributed by atoms with Crippen LogP contribution in [0.2, 0.25) is 0 Å². The SMILES string of the molecule is COc1cccc2c1OCC(NC(=O)c1ccc3nc[nH]c3c1)C2. The highest BCUT2D eigenvalue weighted by molar-refractivity contribution is 5.97. The number of methoxy groups -OCH3 is 1. The molecule has 2 N–H and O–H groups in total. The molecule has 0 aliphatic carbocycles. The molecule has 122 valence electrons. The number of imidazole rings is 1. The predicted octanol–water partition coefficient (Wildman–Crippen LogP) is 2.30. The maximum atomic E-state index is 12.5. The number of aromatic amines is 1. The predicted molar refractivity (Wildman–Crippen MR) is 89.5 cm³/mol. The summed E-state index contributed by atoms with van der Waals surface area (Å²) in [5, 5.41) is 3.03. The lowest BCUT2D eigenvalue weighted by Gasteiger charge is -2.27. The molecule has 0 saturated heterocycles. The van der Waals surface area contributed by atoms with Crippen LogP contribution in [-0.2, 0) is 6.42 Å². The second kappa shape index (κ2) is 5.88. The summed E-state index contributed by atoms with van der Waals surface area (Å²) in [6.45, 7) is 0.422. The zero-order valence-electron chi connectivity index (χ0n) is 13.2. The molecule has 6 nitrogen and oxygen atoms in total. The first-order valence-corrected chi connectivity index (χ1v) is 7.77. The average molecular weight is 323 g/mol. The van der Waals surface area contributed by atoms with E-state index in [1.54, 1.807) is 25.6 Å². The van der Waals surface area contributed by atoms with Gasteiger partial charge in [0.2, 0.25) is 0 Å². The molecule has 24 heavy (non-hydrogen) atoms. The van der Waals surface area contributed by atoms with E-state index in [1.807, 2.05) is 24.3 Å². The Labute approximate surface area is 138 Å². The molecule has 1 aliphatic heterocycles. The lowest BCUT2D eigenvalue weighted by molar-refractivity contribution is 0.0914. The summed E-state index contributed by atoms with van der Waals surface area (Å²) in [4.78, 5) is 19.7. The Kier molecular flexibility index (Phi) is 3.57. The molecule has 0 spiro atoms. The molecule has 1 atom stereocenters. The number of H-pyrrole nitrogens is 1. The summed E-state index contributed by atoms with van der Waals surface area (Å²) in [5.74, 6) is 1.37. The van der Waals surface area contributed by atoms with Gasteiger partial charge in [0.1, 0.15) is 6.61 Å². The highest BCUT2D eigenvalue weighted by atomic mass is 16.5. The molecule has 1 aromatic heterocycles. The van der Waals surface area contributed by atoms with Gasteiger partial charge in [0, 0.05) is 11.1 Å². The van der Waals surface area contributed by atoms with E-state index in [9.17, 15) is 4.79 Å². The molecule has 1 unspecified atom stereocenters. The normalized spacial score (nSPS) is 16.3. The first-order valence-electron chi connectivity index (χ1n) is 7.77. The van der Waals surface area contributed by atoms with E-state index in [0.717, 1.165) is 28.1 Å². The highest BCUT2D eigenvalue weighted by Gasteiger charge is 2.24. The molecular weight excluding hydrogens is 306 g/mol. The number of nitrogens with zero attached hydrogens (tertiary/aromatic N) is 1. The van der Waals surface area contributed by atoms with Crippen molar-refractivity contribution < 1.29 is 14.3 Å². The van der Waals surface area contributed by atoms with Crippen LogP contribution in [0.25, 0.3) is 11.0 Å². The Bertz CT molecular complexity index is 903. The van der Waals surface area contributed by atoms with Crippen molar-refractivity contribution in [1.82, 2.24) is 15.3 Å². The minimum atomic E-state index is -0.119. The van der Waals surface area contributed by atoms with E-state index in [-0.39, 0.29) is 11.9 Å². The molecule has 6 heteroatoms. The molecule has 0 fully saturated rings. The summed E-state index contributed by atoms with van der Waals surface area (Å²) in [7, 11) is 1.62. The van der Waals surface area contributed by atoms with E-state index in [4.69, 9.17) is 9.47 Å². The van der Waals surface area contributed by atoms with Gasteiger partial charge in [-0.05, 0) is 30.7 Å². The van der Waals surface area contributed by atoms with Gasteiger partial charge in [-0.1, -0.05) is 12.1 Å². The number of carbonyl (C=O) groups is 1. The number of carbonyl (C=O) groups excluding carboxylic acids is 1. The first kappa shape index (κ1) is 14.6. The van der Waals surface area contributed by atoms with Crippen molar-refractivity contribution in [1.29, 1.82) is 0 Å². The van der Waals surface area contributed by atoms with Crippen molar-refractivity contribution in [2.75, 3.05) is 13.7 Å². The third-order valence-electron chi connectivity index (χ3n) is 4.19. The summed E-state index contributed by atoms with van der Waals surface area (Å²) >= 11 is 0. The third kappa shape index (κ3) is 2.56. The van der Waals surface area contributed by atoms with Gasteiger partial charge in [0.15, 0.2) is 11.5 Å². The number of rotatable bonds is 3. The maximum absolute atomic E-state index is 12.5. The third-order valence-corrected chi connectivity index (χ3v) is 4.19. The monoisotopic (exact) mass is 323 g/mol. The van der Waals surface area contributed by atoms with Gasteiger partial charge in [-0.2, -0.15) is 0 Å². The van der Waals surface area contributed by atoms with E-state index in [2.05, 4.69) is 15.3 Å². The Morgan fingerprint density at radius 1 is 1.38 bits per heavy atom. The summed E-state index contributed by atoms with van der Waals surface area (Å²) in [5.41, 5.74) is 3.32. The second-order valence-corrected chi connectivity index (χ2v) is 5.77. The van der Waals surface area contributed by atoms with E-state index >= 15 is 0 Å². The van der Waals surface area contributed by atoms with Crippen molar-refractivity contribution in [3.63, 3.8) is 0 Å². The smallest absolute Gasteiger partial charge is 0.251 e. The van der Waals surface area contributed by atoms with Gasteiger partial charge in [-0.25, -0.2) is 4.98 Å². The summed E-state index contributed by atoms with van der Waals surface area (Å²) in [6.07, 6.45) is 2.33. The average Bonchev–Trinajstić information content (AvgIpc) is 3.08. The number of fused-ring (bicyclic) bond motifs is 2. The number of aromatic nitrogens is 2. The molecule has 4 rings (SSSR count). The Hall–Kier alpha value is -3.02. The van der Waals surface area contributed by atoms with Crippen LogP contribution in [-0.4, -0.2) is 35.6 Å². The molecule has 2 heterocycles. The number of hydrogen-bond donors (Lipinski definition) is 2. The zero-order valence-corrected chi connectivity index (χ0v) is 13.2. The van der Waals surface area contributed by atoms with Gasteiger partial charge in [-0.3, -0.25) is 4.79 Å². The number of amides is 1.